The zero-order valence-corrected chi connectivity index (χ0v) is 51.7. The number of fused-ring (bicyclic) bond motifs is 16. The average Bonchev–Trinajstić information content (AvgIpc) is 1.63. The van der Waals surface area contributed by atoms with E-state index in [4.69, 9.17) is 14.1 Å². The van der Waals surface area contributed by atoms with Crippen LogP contribution in [0.15, 0.2) is 241 Å². The summed E-state index contributed by atoms with van der Waals surface area (Å²) in [5.41, 5.74) is 21.7. The van der Waals surface area contributed by atoms with E-state index in [0.717, 1.165) is 133 Å². The molecule has 0 saturated heterocycles. The van der Waals surface area contributed by atoms with Crippen molar-refractivity contribution in [2.24, 2.45) is 0 Å². The molecule has 88 heavy (non-hydrogen) atoms. The van der Waals surface area contributed by atoms with Crippen LogP contribution in [0.4, 0.5) is 0 Å². The fourth-order valence-electron chi connectivity index (χ4n) is 13.5. The molecule has 0 unspecified atom stereocenters. The van der Waals surface area contributed by atoms with E-state index in [0.29, 0.717) is 11.5 Å². The van der Waals surface area contributed by atoms with E-state index < -0.39 is 0 Å². The number of hydrogen-bond acceptors (Lipinski definition) is 3. The first-order valence-corrected chi connectivity index (χ1v) is 29.8. The van der Waals surface area contributed by atoms with E-state index >= 15 is 0 Å². The van der Waals surface area contributed by atoms with Gasteiger partial charge in [-0.2, -0.15) is 18.2 Å². The minimum atomic E-state index is -0.132. The second kappa shape index (κ2) is 20.0. The minimum Gasteiger partial charge on any atom is -0.510 e. The summed E-state index contributed by atoms with van der Waals surface area (Å²) in [4.78, 5) is 4.94. The Morgan fingerprint density at radius 2 is 1.05 bits per heavy atom. The monoisotopic (exact) mass is 1310 g/mol. The Kier molecular flexibility index (Phi) is 12.1. The number of nitrogens with zero attached hydrogens (tertiary/aromatic N) is 5. The summed E-state index contributed by atoms with van der Waals surface area (Å²) < 4.78 is 22.6. The summed E-state index contributed by atoms with van der Waals surface area (Å²) in [6.07, 6.45) is 6.01. The first kappa shape index (κ1) is 53.4. The van der Waals surface area contributed by atoms with Gasteiger partial charge in [0, 0.05) is 65.8 Å². The Balaban J connectivity index is 0.00000624. The quantitative estimate of drug-likeness (QED) is 0.123. The number of furan rings is 1. The number of para-hydroxylation sites is 5. The Morgan fingerprint density at radius 1 is 0.432 bits per heavy atom. The standard InChI is InChI=1S/C80H57N5O2.Pt/c1-79(2,3)51-34-36-58-56-21-7-8-22-57(56)67-42-50(49-33-38-75-66(41-49)63-26-12-16-32-74(63)87-75)43-73-78(67)83(77-64(65(58)44-51)27-18-31-71(77)84-68-28-13-9-23-59(68)60-24-10-14-29-69(60)84)48-82(73)53-19-17-20-54(46-53)86-55-35-37-62-61-25-11-15-30-70(61)85(72(62)47-55)76-45-52(39-40-81-76)80(4,5)6;/h7-45H,1-6H3;/q-2;. The number of imidazole rings is 1. The van der Waals surface area contributed by atoms with Crippen molar-refractivity contribution in [2.45, 2.75) is 52.4 Å². The van der Waals surface area contributed by atoms with E-state index in [2.05, 4.69) is 278 Å². The molecule has 0 bridgehead atoms. The molecule has 8 heteroatoms. The number of ether oxygens (including phenoxy) is 1. The van der Waals surface area contributed by atoms with E-state index in [9.17, 15) is 0 Å². The van der Waals surface area contributed by atoms with Crippen molar-refractivity contribution in [3.8, 4) is 78.9 Å². The number of hydrogen-bond donors (Lipinski definition) is 0. The van der Waals surface area contributed by atoms with Crippen LogP contribution in [-0.4, -0.2) is 18.7 Å². The molecule has 0 spiro atoms. The number of aromatic nitrogens is 5. The van der Waals surface area contributed by atoms with Crippen molar-refractivity contribution in [3.63, 3.8) is 0 Å². The molecular weight excluding hydrogens is 1260 g/mol. The fourth-order valence-corrected chi connectivity index (χ4v) is 13.5. The molecule has 1 aliphatic heterocycles. The van der Waals surface area contributed by atoms with Gasteiger partial charge in [-0.05, 0) is 138 Å². The normalized spacial score (nSPS) is 12.3. The zero-order chi connectivity index (χ0) is 58.4. The van der Waals surface area contributed by atoms with Crippen molar-refractivity contribution in [1.29, 1.82) is 0 Å². The first-order chi connectivity index (χ1) is 42.4. The van der Waals surface area contributed by atoms with E-state index in [1.807, 2.05) is 36.5 Å². The molecule has 0 fully saturated rings. The molecule has 5 aromatic heterocycles. The van der Waals surface area contributed by atoms with Gasteiger partial charge in [-0.3, -0.25) is 4.57 Å². The summed E-state index contributed by atoms with van der Waals surface area (Å²) in [5.74, 6) is 1.93. The van der Waals surface area contributed by atoms with Crippen molar-refractivity contribution in [2.75, 3.05) is 0 Å². The van der Waals surface area contributed by atoms with Crippen LogP contribution in [0.25, 0.3) is 144 Å². The van der Waals surface area contributed by atoms with Crippen LogP contribution in [-0.2, 0) is 31.9 Å². The van der Waals surface area contributed by atoms with Crippen molar-refractivity contribution < 1.29 is 34.8 Å². The first-order valence-electron chi connectivity index (χ1n) is 29.8. The number of pyridine rings is 1. The van der Waals surface area contributed by atoms with Gasteiger partial charge >= 0.3 is 0 Å². The van der Waals surface area contributed by atoms with Gasteiger partial charge in [0.2, 0.25) is 0 Å². The maximum Gasteiger partial charge on any atom is 0.268 e. The Bertz CT molecular complexity index is 5490. The van der Waals surface area contributed by atoms with Crippen LogP contribution in [0.2, 0.25) is 0 Å². The van der Waals surface area contributed by atoms with Gasteiger partial charge in [-0.25, -0.2) is 4.98 Å². The summed E-state index contributed by atoms with van der Waals surface area (Å²) in [6.45, 7) is 13.6. The summed E-state index contributed by atoms with van der Waals surface area (Å²) in [6, 6.07) is 90.6. The van der Waals surface area contributed by atoms with Gasteiger partial charge in [0.25, 0.3) is 6.33 Å². The van der Waals surface area contributed by atoms with Gasteiger partial charge in [-0.15, -0.1) is 29.7 Å². The average molecular weight is 1320 g/mol. The third-order valence-electron chi connectivity index (χ3n) is 17.8. The molecule has 0 atom stereocenters. The molecule has 17 rings (SSSR count). The number of rotatable bonds is 6. The fraction of sp³-hybridized carbons (Fsp3) is 0.100. The Hall–Kier alpha value is -10.1. The van der Waals surface area contributed by atoms with Crippen LogP contribution in [0.5, 0.6) is 11.5 Å². The number of benzene rings is 11. The largest absolute Gasteiger partial charge is 0.510 e. The predicted octanol–water partition coefficient (Wildman–Crippen LogP) is 20.2. The summed E-state index contributed by atoms with van der Waals surface area (Å²) in [7, 11) is 0. The summed E-state index contributed by atoms with van der Waals surface area (Å²) >= 11 is 0. The molecule has 0 N–H and O–H groups in total. The maximum atomic E-state index is 6.95. The molecule has 7 nitrogen and oxygen atoms in total. The Labute approximate surface area is 524 Å². The molecule has 0 saturated carbocycles. The van der Waals surface area contributed by atoms with Gasteiger partial charge in [0.05, 0.1) is 33.4 Å². The van der Waals surface area contributed by atoms with Gasteiger partial charge in [-0.1, -0.05) is 187 Å². The van der Waals surface area contributed by atoms with Crippen LogP contribution in [0, 0.1) is 18.5 Å². The minimum absolute atomic E-state index is 0. The molecule has 16 aromatic rings. The third-order valence-corrected chi connectivity index (χ3v) is 17.8. The second-order valence-electron chi connectivity index (χ2n) is 25.2. The van der Waals surface area contributed by atoms with E-state index in [1.54, 1.807) is 0 Å². The SMILES string of the molecule is CC(C)(C)c1ccnc(-n2c3[c-]c(Oc4[c-]c(-n5[c-][n+]6c7c(cc(-c8ccc9oc%10ccccc%10c9c8)cc75)-c5ccccc5-c5ccc(C(C)(C)C)cc5-c5cccc(-n7c8ccccc8c8ccccc87)c5-6)ccc4)ccc3c3ccccc32)c1.[Pt]. The topological polar surface area (TPSA) is 53.9 Å². The molecule has 0 radical (unpaired) electrons. The molecule has 426 valence electrons. The molecule has 11 aromatic carbocycles. The molecule has 6 heterocycles. The molecule has 0 amide bonds. The van der Waals surface area contributed by atoms with Gasteiger partial charge in [0.15, 0.2) is 0 Å². The predicted molar refractivity (Wildman–Crippen MR) is 354 cm³/mol. The van der Waals surface area contributed by atoms with Crippen LogP contribution < -0.4 is 9.30 Å². The maximum absolute atomic E-state index is 6.95. The van der Waals surface area contributed by atoms with Gasteiger partial charge in [0.1, 0.15) is 17.0 Å². The Morgan fingerprint density at radius 3 is 1.80 bits per heavy atom. The van der Waals surface area contributed by atoms with Crippen LogP contribution in [0.1, 0.15) is 52.7 Å². The summed E-state index contributed by atoms with van der Waals surface area (Å²) in [5, 5.41) is 6.72. The van der Waals surface area contributed by atoms with E-state index in [1.165, 1.54) is 21.9 Å². The van der Waals surface area contributed by atoms with Crippen LogP contribution in [0.3, 0.4) is 0 Å². The third kappa shape index (κ3) is 8.35. The van der Waals surface area contributed by atoms with Crippen molar-refractivity contribution >= 4 is 76.6 Å². The van der Waals surface area contributed by atoms with Crippen molar-refractivity contribution in [3.05, 3.63) is 266 Å². The zero-order valence-electron chi connectivity index (χ0n) is 49.4. The molecular formula is C80H57N5O2Pt-2. The molecule has 1 aliphatic rings. The molecule has 0 aliphatic carbocycles. The van der Waals surface area contributed by atoms with Gasteiger partial charge < -0.3 is 22.9 Å². The smallest absolute Gasteiger partial charge is 0.268 e. The second-order valence-corrected chi connectivity index (χ2v) is 25.2. The van der Waals surface area contributed by atoms with Crippen molar-refractivity contribution in [1.82, 2.24) is 18.7 Å². The van der Waals surface area contributed by atoms with Crippen LogP contribution >= 0.6 is 0 Å². The van der Waals surface area contributed by atoms with E-state index in [-0.39, 0.29) is 31.9 Å².